The zero-order valence-electron chi connectivity index (χ0n) is 5.39. The molecule has 0 bridgehead atoms. The summed E-state index contributed by atoms with van der Waals surface area (Å²) < 4.78 is 4.46. The van der Waals surface area contributed by atoms with E-state index in [1.165, 1.54) is 0 Å². The SMILES string of the molecule is C=C(O)C(=O)OCCC. The van der Waals surface area contributed by atoms with E-state index < -0.39 is 11.7 Å². The number of carbonyl (C=O) groups excluding carboxylic acids is 1. The highest BCUT2D eigenvalue weighted by Crippen LogP contribution is 1.88. The normalized spacial score (nSPS) is 8.56. The number of carbonyl (C=O) groups is 1. The molecule has 0 radical (unpaired) electrons. The highest BCUT2D eigenvalue weighted by atomic mass is 16.5. The Bertz CT molecular complexity index is 117. The molecule has 3 heteroatoms. The van der Waals surface area contributed by atoms with Gasteiger partial charge in [-0.05, 0) is 13.0 Å². The summed E-state index contributed by atoms with van der Waals surface area (Å²) in [4.78, 5) is 10.3. The molecule has 9 heavy (non-hydrogen) atoms. The molecule has 0 aliphatic rings. The molecule has 0 saturated heterocycles. The molecule has 0 aromatic heterocycles. The topological polar surface area (TPSA) is 46.5 Å². The van der Waals surface area contributed by atoms with Gasteiger partial charge in [0.1, 0.15) is 0 Å². The smallest absolute Gasteiger partial charge is 0.372 e. The summed E-state index contributed by atoms with van der Waals surface area (Å²) in [6, 6.07) is 0. The van der Waals surface area contributed by atoms with Crippen LogP contribution in [0.3, 0.4) is 0 Å². The van der Waals surface area contributed by atoms with Crippen molar-refractivity contribution in [2.24, 2.45) is 0 Å². The molecule has 0 saturated carbocycles. The minimum atomic E-state index is -0.739. The van der Waals surface area contributed by atoms with E-state index in [2.05, 4.69) is 11.3 Å². The van der Waals surface area contributed by atoms with Gasteiger partial charge in [0.05, 0.1) is 6.61 Å². The first-order valence-electron chi connectivity index (χ1n) is 2.73. The van der Waals surface area contributed by atoms with Crippen molar-refractivity contribution in [3.05, 3.63) is 12.3 Å². The molecule has 0 fully saturated rings. The first-order valence-corrected chi connectivity index (χ1v) is 2.73. The Balaban J connectivity index is 3.39. The number of hydrogen-bond acceptors (Lipinski definition) is 3. The lowest BCUT2D eigenvalue weighted by Crippen LogP contribution is -2.06. The number of aliphatic hydroxyl groups excluding tert-OH is 1. The van der Waals surface area contributed by atoms with Gasteiger partial charge in [0.2, 0.25) is 0 Å². The molecule has 0 unspecified atom stereocenters. The lowest BCUT2D eigenvalue weighted by atomic mass is 10.5. The van der Waals surface area contributed by atoms with Gasteiger partial charge in [-0.15, -0.1) is 0 Å². The summed E-state index contributed by atoms with van der Waals surface area (Å²) in [6.45, 7) is 5.19. The van der Waals surface area contributed by atoms with Gasteiger partial charge in [0.25, 0.3) is 0 Å². The fourth-order valence-electron chi connectivity index (χ4n) is 0.278. The van der Waals surface area contributed by atoms with Gasteiger partial charge >= 0.3 is 5.97 Å². The molecule has 52 valence electrons. The van der Waals surface area contributed by atoms with E-state index in [0.717, 1.165) is 6.42 Å². The third-order valence-corrected chi connectivity index (χ3v) is 0.673. The first kappa shape index (κ1) is 8.01. The number of aliphatic hydroxyl groups is 1. The van der Waals surface area contributed by atoms with Crippen LogP contribution in [0.1, 0.15) is 13.3 Å². The van der Waals surface area contributed by atoms with E-state index >= 15 is 0 Å². The minimum Gasteiger partial charge on any atom is -0.502 e. The minimum absolute atomic E-state index is 0.332. The summed E-state index contributed by atoms with van der Waals surface area (Å²) in [7, 11) is 0. The maximum Gasteiger partial charge on any atom is 0.372 e. The van der Waals surface area contributed by atoms with E-state index in [0.29, 0.717) is 6.61 Å². The Labute approximate surface area is 53.9 Å². The van der Waals surface area contributed by atoms with Gasteiger partial charge in [0.15, 0.2) is 5.76 Å². The monoisotopic (exact) mass is 130 g/mol. The molecule has 0 spiro atoms. The average molecular weight is 130 g/mol. The predicted molar refractivity (Wildman–Crippen MR) is 33.0 cm³/mol. The van der Waals surface area contributed by atoms with Crippen molar-refractivity contribution in [2.75, 3.05) is 6.61 Å². The second-order valence-corrected chi connectivity index (χ2v) is 1.58. The lowest BCUT2D eigenvalue weighted by Gasteiger charge is -1.98. The summed E-state index contributed by atoms with van der Waals surface area (Å²) >= 11 is 0. The van der Waals surface area contributed by atoms with Crippen LogP contribution in [0.5, 0.6) is 0 Å². The quantitative estimate of drug-likeness (QED) is 0.352. The third-order valence-electron chi connectivity index (χ3n) is 0.673. The zero-order valence-corrected chi connectivity index (χ0v) is 5.39. The van der Waals surface area contributed by atoms with Crippen LogP contribution in [0.2, 0.25) is 0 Å². The van der Waals surface area contributed by atoms with Crippen LogP contribution in [-0.2, 0) is 9.53 Å². The second kappa shape index (κ2) is 3.95. The number of hydrogen-bond donors (Lipinski definition) is 1. The van der Waals surface area contributed by atoms with Crippen molar-refractivity contribution in [3.8, 4) is 0 Å². The van der Waals surface area contributed by atoms with Crippen molar-refractivity contribution in [2.45, 2.75) is 13.3 Å². The van der Waals surface area contributed by atoms with Gasteiger partial charge in [-0.25, -0.2) is 4.79 Å². The van der Waals surface area contributed by atoms with E-state index in [4.69, 9.17) is 5.11 Å². The van der Waals surface area contributed by atoms with Crippen molar-refractivity contribution >= 4 is 5.97 Å². The second-order valence-electron chi connectivity index (χ2n) is 1.58. The molecule has 1 N–H and O–H groups in total. The van der Waals surface area contributed by atoms with E-state index in [1.807, 2.05) is 6.92 Å². The molecular formula is C6H10O3. The summed E-state index contributed by atoms with van der Waals surface area (Å²) in [5.41, 5.74) is 0. The average Bonchev–Trinajstić information content (AvgIpc) is 1.82. The Morgan fingerprint density at radius 3 is 2.67 bits per heavy atom. The van der Waals surface area contributed by atoms with Crippen molar-refractivity contribution < 1.29 is 14.6 Å². The van der Waals surface area contributed by atoms with Crippen molar-refractivity contribution in [1.29, 1.82) is 0 Å². The van der Waals surface area contributed by atoms with Gasteiger partial charge in [-0.1, -0.05) is 6.92 Å². The Hall–Kier alpha value is -0.990. The van der Waals surface area contributed by atoms with E-state index in [-0.39, 0.29) is 0 Å². The van der Waals surface area contributed by atoms with Crippen molar-refractivity contribution in [3.63, 3.8) is 0 Å². The Morgan fingerprint density at radius 1 is 1.78 bits per heavy atom. The maximum atomic E-state index is 10.3. The fraction of sp³-hybridized carbons (Fsp3) is 0.500. The van der Waals surface area contributed by atoms with Crippen LogP contribution in [0, 0.1) is 0 Å². The molecular weight excluding hydrogens is 120 g/mol. The van der Waals surface area contributed by atoms with Crippen LogP contribution >= 0.6 is 0 Å². The zero-order chi connectivity index (χ0) is 7.28. The van der Waals surface area contributed by atoms with Gasteiger partial charge in [0, 0.05) is 0 Å². The molecule has 0 aromatic rings. The molecule has 0 aliphatic carbocycles. The summed E-state index contributed by atoms with van der Waals surface area (Å²) in [5.74, 6) is -1.28. The standard InChI is InChI=1S/C6H10O3/c1-3-4-9-6(8)5(2)7/h7H,2-4H2,1H3. The fourth-order valence-corrected chi connectivity index (χ4v) is 0.278. The molecule has 0 amide bonds. The van der Waals surface area contributed by atoms with Gasteiger partial charge in [-0.3, -0.25) is 0 Å². The highest BCUT2D eigenvalue weighted by Gasteiger charge is 2.02. The molecule has 0 heterocycles. The van der Waals surface area contributed by atoms with Crippen molar-refractivity contribution in [1.82, 2.24) is 0 Å². The van der Waals surface area contributed by atoms with E-state index in [9.17, 15) is 4.79 Å². The molecule has 0 aliphatic heterocycles. The molecule has 0 rings (SSSR count). The largest absolute Gasteiger partial charge is 0.502 e. The number of ether oxygens (including phenoxy) is 1. The highest BCUT2D eigenvalue weighted by molar-refractivity contribution is 5.84. The third kappa shape index (κ3) is 3.58. The van der Waals surface area contributed by atoms with Gasteiger partial charge < -0.3 is 9.84 Å². The predicted octanol–water partition coefficient (Wildman–Crippen LogP) is 1.01. The van der Waals surface area contributed by atoms with Crippen LogP contribution < -0.4 is 0 Å². The Morgan fingerprint density at radius 2 is 2.33 bits per heavy atom. The van der Waals surface area contributed by atoms with Crippen LogP contribution in [0.15, 0.2) is 12.3 Å². The van der Waals surface area contributed by atoms with Crippen LogP contribution in [-0.4, -0.2) is 17.7 Å². The van der Waals surface area contributed by atoms with E-state index in [1.54, 1.807) is 0 Å². The van der Waals surface area contributed by atoms with Crippen LogP contribution in [0.4, 0.5) is 0 Å². The number of esters is 1. The number of rotatable bonds is 3. The van der Waals surface area contributed by atoms with Crippen LogP contribution in [0.25, 0.3) is 0 Å². The summed E-state index contributed by atoms with van der Waals surface area (Å²) in [5, 5.41) is 8.38. The lowest BCUT2D eigenvalue weighted by molar-refractivity contribution is -0.141. The molecule has 3 nitrogen and oxygen atoms in total. The summed E-state index contributed by atoms with van der Waals surface area (Å²) in [6.07, 6.45) is 0.749. The molecule has 0 aromatic carbocycles. The maximum absolute atomic E-state index is 10.3. The van der Waals surface area contributed by atoms with Gasteiger partial charge in [-0.2, -0.15) is 0 Å². The molecule has 0 atom stereocenters. The Kier molecular flexibility index (Phi) is 3.51. The first-order chi connectivity index (χ1) is 4.18.